The van der Waals surface area contributed by atoms with Gasteiger partial charge >= 0.3 is 0 Å². The zero-order chi connectivity index (χ0) is 22.9. The summed E-state index contributed by atoms with van der Waals surface area (Å²) < 4.78 is 8.47. The van der Waals surface area contributed by atoms with Crippen LogP contribution in [0, 0.1) is 13.8 Å². The van der Waals surface area contributed by atoms with Crippen molar-refractivity contribution in [3.8, 4) is 23.2 Å². The summed E-state index contributed by atoms with van der Waals surface area (Å²) >= 11 is 0. The van der Waals surface area contributed by atoms with Crippen molar-refractivity contribution in [1.82, 2.24) is 19.8 Å². The highest BCUT2D eigenvalue weighted by Gasteiger charge is 2.30. The van der Waals surface area contributed by atoms with E-state index in [1.165, 1.54) is 0 Å². The molecule has 1 aliphatic heterocycles. The van der Waals surface area contributed by atoms with Crippen molar-refractivity contribution < 1.29 is 14.6 Å². The number of pyridine rings is 1. The van der Waals surface area contributed by atoms with Crippen LogP contribution in [-0.2, 0) is 0 Å². The summed E-state index contributed by atoms with van der Waals surface area (Å²) in [5.74, 6) is 0.912. The highest BCUT2D eigenvalue weighted by molar-refractivity contribution is 6.10. The number of nitrogens with one attached hydrogen (secondary N) is 1. The molecule has 2 aromatic carbocycles. The second-order valence-corrected chi connectivity index (χ2v) is 8.28. The quantitative estimate of drug-likeness (QED) is 0.496. The molecule has 7 nitrogen and oxygen atoms in total. The van der Waals surface area contributed by atoms with E-state index in [2.05, 4.69) is 10.3 Å². The number of hydrogen-bond donors (Lipinski definition) is 2. The molecule has 5 rings (SSSR count). The molecule has 0 aliphatic carbocycles. The number of aryl methyl sites for hydroxylation is 2. The number of aromatic hydroxyl groups is 1. The van der Waals surface area contributed by atoms with E-state index in [4.69, 9.17) is 4.74 Å². The smallest absolute Gasteiger partial charge is 0.260 e. The molecule has 4 aromatic rings. The number of piperazine rings is 1. The Morgan fingerprint density at radius 3 is 2.42 bits per heavy atom. The van der Waals surface area contributed by atoms with E-state index in [9.17, 15) is 9.90 Å². The number of aromatic nitrogens is 2. The molecule has 2 N–H and O–H groups in total. The lowest BCUT2D eigenvalue weighted by molar-refractivity contribution is 0.0735. The van der Waals surface area contributed by atoms with Gasteiger partial charge in [0.2, 0.25) is 11.8 Å². The minimum atomic E-state index is -0.114. The fourth-order valence-electron chi connectivity index (χ4n) is 4.37. The number of ether oxygens (including phenoxy) is 1. The molecule has 0 bridgehead atoms. The van der Waals surface area contributed by atoms with Gasteiger partial charge in [-0.15, -0.1) is 0 Å². The number of hydrogen-bond acceptors (Lipinski definition) is 5. The van der Waals surface area contributed by atoms with Crippen LogP contribution in [0.2, 0.25) is 0 Å². The Hall–Kier alpha value is -3.84. The summed E-state index contributed by atoms with van der Waals surface area (Å²) in [6.45, 7) is 6.70. The molecule has 1 saturated heterocycles. The Morgan fingerprint density at radius 2 is 1.73 bits per heavy atom. The summed E-state index contributed by atoms with van der Waals surface area (Å²) in [6, 6.07) is 17.2. The first-order valence-corrected chi connectivity index (χ1v) is 11.1. The molecule has 0 radical (unpaired) electrons. The summed E-state index contributed by atoms with van der Waals surface area (Å²) in [7, 11) is 0. The van der Waals surface area contributed by atoms with E-state index in [0.29, 0.717) is 41.2 Å². The first-order chi connectivity index (χ1) is 16.0. The Balaban J connectivity index is 1.80. The van der Waals surface area contributed by atoms with Crippen LogP contribution in [0.15, 0.2) is 60.8 Å². The fourth-order valence-corrected chi connectivity index (χ4v) is 4.37. The maximum Gasteiger partial charge on any atom is 0.260 e. The largest absolute Gasteiger partial charge is 0.493 e. The average molecular weight is 443 g/mol. The van der Waals surface area contributed by atoms with Crippen LogP contribution < -0.4 is 10.1 Å². The van der Waals surface area contributed by atoms with Crippen molar-refractivity contribution in [3.05, 3.63) is 77.5 Å². The molecule has 33 heavy (non-hydrogen) atoms. The molecule has 1 aliphatic rings. The lowest BCUT2D eigenvalue weighted by Gasteiger charge is -2.27. The Bertz CT molecular complexity index is 1300. The zero-order valence-corrected chi connectivity index (χ0v) is 18.7. The van der Waals surface area contributed by atoms with Crippen LogP contribution in [-0.4, -0.2) is 51.6 Å². The minimum absolute atomic E-state index is 0.107. The highest BCUT2D eigenvalue weighted by Crippen LogP contribution is 2.40. The normalized spacial score (nSPS) is 13.9. The van der Waals surface area contributed by atoms with Crippen molar-refractivity contribution in [3.63, 3.8) is 0 Å². The third kappa shape index (κ3) is 3.81. The van der Waals surface area contributed by atoms with E-state index in [-0.39, 0.29) is 11.8 Å². The van der Waals surface area contributed by atoms with Crippen molar-refractivity contribution >= 4 is 16.8 Å². The number of rotatable bonds is 4. The van der Waals surface area contributed by atoms with E-state index in [0.717, 1.165) is 29.9 Å². The second-order valence-electron chi connectivity index (χ2n) is 8.28. The van der Waals surface area contributed by atoms with Gasteiger partial charge in [-0.3, -0.25) is 9.36 Å². The Labute approximate surface area is 192 Å². The number of fused-ring (bicyclic) bond motifs is 1. The van der Waals surface area contributed by atoms with Crippen LogP contribution in [0.25, 0.3) is 16.6 Å². The van der Waals surface area contributed by atoms with E-state index in [1.54, 1.807) is 12.3 Å². The Morgan fingerprint density at radius 1 is 1.03 bits per heavy atom. The molecule has 0 spiro atoms. The lowest BCUT2D eigenvalue weighted by Crippen LogP contribution is -2.46. The first-order valence-electron chi connectivity index (χ1n) is 11.1. The summed E-state index contributed by atoms with van der Waals surface area (Å²) in [5, 5.41) is 14.1. The number of carbonyl (C=O) groups is 1. The van der Waals surface area contributed by atoms with Crippen LogP contribution in [0.5, 0.6) is 17.5 Å². The summed E-state index contributed by atoms with van der Waals surface area (Å²) in [5.41, 5.74) is 3.89. The highest BCUT2D eigenvalue weighted by atomic mass is 16.5. The van der Waals surface area contributed by atoms with E-state index < -0.39 is 0 Å². The molecule has 0 atom stereocenters. The third-order valence-electron chi connectivity index (χ3n) is 6.03. The predicted molar refractivity (Wildman–Crippen MR) is 127 cm³/mol. The maximum absolute atomic E-state index is 13.8. The lowest BCUT2D eigenvalue weighted by atomic mass is 10.1. The summed E-state index contributed by atoms with van der Waals surface area (Å²) in [4.78, 5) is 19.8. The van der Waals surface area contributed by atoms with E-state index in [1.807, 2.05) is 71.8 Å². The van der Waals surface area contributed by atoms with Gasteiger partial charge in [-0.2, -0.15) is 0 Å². The van der Waals surface area contributed by atoms with Crippen LogP contribution in [0.4, 0.5) is 0 Å². The van der Waals surface area contributed by atoms with Crippen LogP contribution in [0.1, 0.15) is 21.5 Å². The molecule has 3 heterocycles. The first kappa shape index (κ1) is 21.0. The minimum Gasteiger partial charge on any atom is -0.493 e. The van der Waals surface area contributed by atoms with Crippen molar-refractivity contribution in [2.75, 3.05) is 26.2 Å². The number of amides is 1. The predicted octanol–water partition coefficient (Wildman–Crippen LogP) is 4.19. The topological polar surface area (TPSA) is 79.6 Å². The van der Waals surface area contributed by atoms with E-state index >= 15 is 0 Å². The maximum atomic E-state index is 13.8. The molecular weight excluding hydrogens is 416 g/mol. The monoisotopic (exact) mass is 442 g/mol. The Kier molecular flexibility index (Phi) is 5.48. The standard InChI is InChI=1S/C26H26N4O3/c1-17-7-6-8-18(2)24(17)33-26-23(25(32)29-13-11-27-12-14-29)20-16-28-22(31)15-21(20)30(26)19-9-4-3-5-10-19/h3-10,15-16,27H,11-14H2,1-2H3,(H,28,31). The van der Waals surface area contributed by atoms with Gasteiger partial charge in [-0.25, -0.2) is 4.98 Å². The van der Waals surface area contributed by atoms with Crippen LogP contribution in [0.3, 0.4) is 0 Å². The van der Waals surface area contributed by atoms with Gasteiger partial charge in [0.1, 0.15) is 11.3 Å². The van der Waals surface area contributed by atoms with Gasteiger partial charge in [-0.1, -0.05) is 36.4 Å². The number of para-hydroxylation sites is 2. The van der Waals surface area contributed by atoms with Gasteiger partial charge in [0.05, 0.1) is 5.52 Å². The van der Waals surface area contributed by atoms with Gasteiger partial charge in [0.15, 0.2) is 0 Å². The molecular formula is C26H26N4O3. The van der Waals surface area contributed by atoms with Crippen LogP contribution >= 0.6 is 0 Å². The molecule has 2 aromatic heterocycles. The molecule has 0 saturated carbocycles. The second kappa shape index (κ2) is 8.60. The van der Waals surface area contributed by atoms with Gasteiger partial charge in [-0.05, 0) is 37.1 Å². The molecule has 7 heteroatoms. The number of nitrogens with zero attached hydrogens (tertiary/aromatic N) is 3. The number of benzene rings is 2. The molecule has 1 amide bonds. The van der Waals surface area contributed by atoms with Gasteiger partial charge < -0.3 is 20.1 Å². The van der Waals surface area contributed by atoms with Gasteiger partial charge in [0.25, 0.3) is 5.91 Å². The molecule has 168 valence electrons. The SMILES string of the molecule is Cc1cccc(C)c1Oc1c(C(=O)N2CCNCC2)c2cnc(O)cc2n1-c1ccccc1. The molecule has 0 unspecified atom stereocenters. The fraction of sp³-hybridized carbons (Fsp3) is 0.231. The van der Waals surface area contributed by atoms with Crippen molar-refractivity contribution in [1.29, 1.82) is 0 Å². The van der Waals surface area contributed by atoms with Gasteiger partial charge in [0, 0.05) is 49.5 Å². The average Bonchev–Trinajstić information content (AvgIpc) is 3.15. The number of carbonyl (C=O) groups excluding carboxylic acids is 1. The summed E-state index contributed by atoms with van der Waals surface area (Å²) in [6.07, 6.45) is 1.55. The third-order valence-corrected chi connectivity index (χ3v) is 6.03. The van der Waals surface area contributed by atoms with Crippen molar-refractivity contribution in [2.24, 2.45) is 0 Å². The van der Waals surface area contributed by atoms with Crippen molar-refractivity contribution in [2.45, 2.75) is 13.8 Å². The zero-order valence-electron chi connectivity index (χ0n) is 18.7. The molecule has 1 fully saturated rings.